The number of rotatable bonds is 6. The van der Waals surface area contributed by atoms with Crippen LogP contribution in [0, 0.1) is 23.2 Å². The monoisotopic (exact) mass is 382 g/mol. The van der Waals surface area contributed by atoms with Gasteiger partial charge in [-0.2, -0.15) is 5.26 Å². The van der Waals surface area contributed by atoms with E-state index in [1.807, 2.05) is 24.3 Å². The number of nitrogens with zero attached hydrogens (tertiary/aromatic N) is 4. The van der Waals surface area contributed by atoms with Crippen LogP contribution in [0.1, 0.15) is 31.9 Å². The van der Waals surface area contributed by atoms with E-state index in [4.69, 9.17) is 14.5 Å². The fourth-order valence-electron chi connectivity index (χ4n) is 3.80. The Labute approximate surface area is 165 Å². The Hall–Kier alpha value is -2.72. The third-order valence-electron chi connectivity index (χ3n) is 4.92. The van der Waals surface area contributed by atoms with E-state index in [1.165, 1.54) is 7.11 Å². The minimum atomic E-state index is -1.13. The minimum absolute atomic E-state index is 0.0988. The SMILES string of the molecule is COCCOC(=O)[C@H](C#N)c1nc2ccccc2nc1N1C[C@@H](C)C[C@H](C)C1. The lowest BCUT2D eigenvalue weighted by atomic mass is 9.91. The Morgan fingerprint density at radius 3 is 2.46 bits per heavy atom. The summed E-state index contributed by atoms with van der Waals surface area (Å²) >= 11 is 0. The second-order valence-corrected chi connectivity index (χ2v) is 7.49. The molecule has 7 heteroatoms. The van der Waals surface area contributed by atoms with E-state index in [1.54, 1.807) is 0 Å². The van der Waals surface area contributed by atoms with E-state index in [9.17, 15) is 10.1 Å². The number of piperidine rings is 1. The van der Waals surface area contributed by atoms with Crippen LogP contribution in [-0.2, 0) is 14.3 Å². The lowest BCUT2D eigenvalue weighted by molar-refractivity contribution is -0.145. The molecule has 3 rings (SSSR count). The van der Waals surface area contributed by atoms with Crippen molar-refractivity contribution in [2.45, 2.75) is 26.2 Å². The van der Waals surface area contributed by atoms with Crippen LogP contribution in [0.5, 0.6) is 0 Å². The highest BCUT2D eigenvalue weighted by Crippen LogP contribution is 2.32. The predicted octanol–water partition coefficient (Wildman–Crippen LogP) is 2.91. The maximum Gasteiger partial charge on any atom is 0.329 e. The van der Waals surface area contributed by atoms with Gasteiger partial charge in [0.05, 0.1) is 23.7 Å². The molecule has 148 valence electrons. The molecule has 2 aromatic rings. The van der Waals surface area contributed by atoms with Crippen LogP contribution in [0.2, 0.25) is 0 Å². The second kappa shape index (κ2) is 8.98. The lowest BCUT2D eigenvalue weighted by Gasteiger charge is -2.36. The van der Waals surface area contributed by atoms with Crippen LogP contribution in [-0.4, -0.2) is 49.4 Å². The standard InChI is InChI=1S/C21H26N4O3/c1-14-10-15(2)13-25(12-14)20-19(16(11-22)21(26)28-9-8-27-3)23-17-6-4-5-7-18(17)24-20/h4-7,14-16H,8-10,12-13H2,1-3H3/t14-,15-,16+/m0/s1. The molecular weight excluding hydrogens is 356 g/mol. The number of para-hydroxylation sites is 2. The Morgan fingerprint density at radius 2 is 1.86 bits per heavy atom. The number of nitriles is 1. The molecule has 0 unspecified atom stereocenters. The Balaban J connectivity index is 2.03. The highest BCUT2D eigenvalue weighted by Gasteiger charge is 2.32. The summed E-state index contributed by atoms with van der Waals surface area (Å²) in [6, 6.07) is 9.57. The van der Waals surface area contributed by atoms with Gasteiger partial charge in [0.15, 0.2) is 11.7 Å². The molecule has 0 saturated carbocycles. The van der Waals surface area contributed by atoms with Gasteiger partial charge in [0.25, 0.3) is 0 Å². The van der Waals surface area contributed by atoms with Crippen LogP contribution in [0.15, 0.2) is 24.3 Å². The van der Waals surface area contributed by atoms with E-state index < -0.39 is 11.9 Å². The van der Waals surface area contributed by atoms with E-state index >= 15 is 0 Å². The average Bonchev–Trinajstić information content (AvgIpc) is 2.67. The molecule has 1 saturated heterocycles. The van der Waals surface area contributed by atoms with E-state index in [0.29, 0.717) is 28.9 Å². The summed E-state index contributed by atoms with van der Waals surface area (Å²) < 4.78 is 10.1. The molecule has 1 aromatic carbocycles. The first-order chi connectivity index (χ1) is 13.5. The van der Waals surface area contributed by atoms with Crippen LogP contribution in [0.3, 0.4) is 0 Å². The van der Waals surface area contributed by atoms with Crippen LogP contribution < -0.4 is 4.90 Å². The number of carbonyl (C=O) groups is 1. The van der Waals surface area contributed by atoms with Gasteiger partial charge < -0.3 is 14.4 Å². The van der Waals surface area contributed by atoms with Crippen LogP contribution >= 0.6 is 0 Å². The number of anilines is 1. The molecule has 1 aromatic heterocycles. The summed E-state index contributed by atoms with van der Waals surface area (Å²) in [4.78, 5) is 24.2. The third kappa shape index (κ3) is 4.39. The Morgan fingerprint density at radius 1 is 1.21 bits per heavy atom. The molecule has 0 bridgehead atoms. The summed E-state index contributed by atoms with van der Waals surface area (Å²) in [5, 5.41) is 9.74. The van der Waals surface area contributed by atoms with Crippen molar-refractivity contribution in [1.82, 2.24) is 9.97 Å². The van der Waals surface area contributed by atoms with E-state index in [0.717, 1.165) is 25.0 Å². The van der Waals surface area contributed by atoms with Gasteiger partial charge in [-0.15, -0.1) is 0 Å². The zero-order valence-corrected chi connectivity index (χ0v) is 16.6. The van der Waals surface area contributed by atoms with E-state index in [-0.39, 0.29) is 13.2 Å². The van der Waals surface area contributed by atoms with Crippen molar-refractivity contribution in [3.05, 3.63) is 30.0 Å². The molecule has 28 heavy (non-hydrogen) atoms. The molecule has 0 N–H and O–H groups in total. The lowest BCUT2D eigenvalue weighted by Crippen LogP contribution is -2.40. The number of esters is 1. The summed E-state index contributed by atoms with van der Waals surface area (Å²) in [5.41, 5.74) is 1.77. The van der Waals surface area contributed by atoms with E-state index in [2.05, 4.69) is 29.8 Å². The molecule has 0 spiro atoms. The Kier molecular flexibility index (Phi) is 6.42. The van der Waals surface area contributed by atoms with Crippen LogP contribution in [0.25, 0.3) is 11.0 Å². The number of aromatic nitrogens is 2. The first-order valence-electron chi connectivity index (χ1n) is 9.60. The van der Waals surface area contributed by atoms with Gasteiger partial charge in [0.1, 0.15) is 12.3 Å². The summed E-state index contributed by atoms with van der Waals surface area (Å²) in [6.45, 7) is 6.43. The van der Waals surface area contributed by atoms with Crippen LogP contribution in [0.4, 0.5) is 5.82 Å². The second-order valence-electron chi connectivity index (χ2n) is 7.49. The quantitative estimate of drug-likeness (QED) is 0.560. The van der Waals surface area contributed by atoms with Gasteiger partial charge in [0.2, 0.25) is 0 Å². The van der Waals surface area contributed by atoms with Crippen molar-refractivity contribution in [2.24, 2.45) is 11.8 Å². The maximum atomic E-state index is 12.6. The molecule has 0 radical (unpaired) electrons. The average molecular weight is 382 g/mol. The normalized spacial score (nSPS) is 20.6. The number of carbonyl (C=O) groups excluding carboxylic acids is 1. The number of benzene rings is 1. The molecule has 1 aliphatic rings. The number of fused-ring (bicyclic) bond motifs is 1. The molecular formula is C21H26N4O3. The van der Waals surface area contributed by atoms with Gasteiger partial charge in [-0.3, -0.25) is 4.79 Å². The molecule has 7 nitrogen and oxygen atoms in total. The fourth-order valence-corrected chi connectivity index (χ4v) is 3.80. The van der Waals surface area contributed by atoms with Gasteiger partial charge >= 0.3 is 5.97 Å². The van der Waals surface area contributed by atoms with Crippen molar-refractivity contribution in [3.63, 3.8) is 0 Å². The van der Waals surface area contributed by atoms with Gasteiger partial charge in [-0.05, 0) is 30.4 Å². The number of methoxy groups -OCH3 is 1. The topological polar surface area (TPSA) is 88.3 Å². The highest BCUT2D eigenvalue weighted by atomic mass is 16.6. The third-order valence-corrected chi connectivity index (χ3v) is 4.92. The number of ether oxygens (including phenoxy) is 2. The maximum absolute atomic E-state index is 12.6. The predicted molar refractivity (Wildman–Crippen MR) is 106 cm³/mol. The largest absolute Gasteiger partial charge is 0.462 e. The van der Waals surface area contributed by atoms with Gasteiger partial charge in [-0.1, -0.05) is 26.0 Å². The molecule has 3 atom stereocenters. The van der Waals surface area contributed by atoms with Crippen molar-refractivity contribution in [3.8, 4) is 6.07 Å². The summed E-state index contributed by atoms with van der Waals surface area (Å²) in [7, 11) is 1.53. The van der Waals surface area contributed by atoms with Crippen molar-refractivity contribution < 1.29 is 14.3 Å². The van der Waals surface area contributed by atoms with Crippen molar-refractivity contribution in [2.75, 3.05) is 38.3 Å². The van der Waals surface area contributed by atoms with Crippen molar-refractivity contribution in [1.29, 1.82) is 5.26 Å². The summed E-state index contributed by atoms with van der Waals surface area (Å²) in [6.07, 6.45) is 1.15. The fraction of sp³-hybridized carbons (Fsp3) is 0.524. The smallest absolute Gasteiger partial charge is 0.329 e. The van der Waals surface area contributed by atoms with Gasteiger partial charge in [-0.25, -0.2) is 9.97 Å². The molecule has 1 aliphatic heterocycles. The molecule has 2 heterocycles. The molecule has 0 amide bonds. The Bertz CT molecular complexity index is 870. The highest BCUT2D eigenvalue weighted by molar-refractivity contribution is 5.85. The number of hydrogen-bond acceptors (Lipinski definition) is 7. The first kappa shape index (κ1) is 20.0. The molecule has 1 fully saturated rings. The van der Waals surface area contributed by atoms with Gasteiger partial charge in [0, 0.05) is 20.2 Å². The molecule has 0 aliphatic carbocycles. The zero-order valence-electron chi connectivity index (χ0n) is 16.6. The number of hydrogen-bond donors (Lipinski definition) is 0. The zero-order chi connectivity index (χ0) is 20.1. The summed E-state index contributed by atoms with van der Waals surface area (Å²) in [5.74, 6) is -0.148. The first-order valence-corrected chi connectivity index (χ1v) is 9.60. The minimum Gasteiger partial charge on any atom is -0.462 e. The van der Waals surface area contributed by atoms with Crippen molar-refractivity contribution >= 4 is 22.8 Å².